The van der Waals surface area contributed by atoms with Crippen LogP contribution >= 0.6 is 0 Å². The van der Waals surface area contributed by atoms with Crippen molar-refractivity contribution in [1.82, 2.24) is 0 Å². The van der Waals surface area contributed by atoms with Crippen LogP contribution in [0.15, 0.2) is 42.5 Å². The second-order valence-electron chi connectivity index (χ2n) is 7.40. The third-order valence-electron chi connectivity index (χ3n) is 4.78. The maximum atomic E-state index is 11.7. The summed E-state index contributed by atoms with van der Waals surface area (Å²) in [4.78, 5) is 11.7. The van der Waals surface area contributed by atoms with Crippen LogP contribution < -0.4 is 0 Å². The molecule has 2 nitrogen and oxygen atoms in total. The predicted molar refractivity (Wildman–Crippen MR) is 114 cm³/mol. The molecular weight excluding hydrogens is 344 g/mol. The molecule has 0 spiro atoms. The number of rotatable bonds is 2. The van der Waals surface area contributed by atoms with Gasteiger partial charge in [0.05, 0.1) is 12.2 Å². The highest BCUT2D eigenvalue weighted by molar-refractivity contribution is 5.89. The molecule has 3 rings (SSSR count). The Kier molecular flexibility index (Phi) is 5.72. The molecule has 2 aromatic carbocycles. The van der Waals surface area contributed by atoms with E-state index in [4.69, 9.17) is 4.74 Å². The fourth-order valence-corrected chi connectivity index (χ4v) is 3.49. The van der Waals surface area contributed by atoms with Crippen LogP contribution in [0.25, 0.3) is 6.08 Å². The van der Waals surface area contributed by atoms with Crippen molar-refractivity contribution < 1.29 is 9.53 Å². The Morgan fingerprint density at radius 3 is 2.46 bits per heavy atom. The standard InChI is InChI=1S/C26H24O2/c1-5-8-22-17-20(18-23-9-7-16-26(3,4)24(22)23)11-10-19-12-14-21(15-13-19)25(27)28-6-2/h7,9,12-15,17-18H,6,16H2,1-4H3. The van der Waals surface area contributed by atoms with Gasteiger partial charge in [-0.2, -0.15) is 0 Å². The minimum Gasteiger partial charge on any atom is -0.462 e. The van der Waals surface area contributed by atoms with Crippen molar-refractivity contribution in [2.75, 3.05) is 6.61 Å². The smallest absolute Gasteiger partial charge is 0.338 e. The number of carbonyl (C=O) groups excluding carboxylic acids is 1. The quantitative estimate of drug-likeness (QED) is 0.529. The molecule has 0 fully saturated rings. The van der Waals surface area contributed by atoms with Gasteiger partial charge in [0.25, 0.3) is 0 Å². The average molecular weight is 368 g/mol. The fraction of sp³-hybridized carbons (Fsp3) is 0.269. The molecule has 0 saturated carbocycles. The van der Waals surface area contributed by atoms with E-state index in [1.807, 2.05) is 19.1 Å². The highest BCUT2D eigenvalue weighted by Gasteiger charge is 2.27. The summed E-state index contributed by atoms with van der Waals surface area (Å²) >= 11 is 0. The zero-order valence-corrected chi connectivity index (χ0v) is 16.8. The van der Waals surface area contributed by atoms with E-state index in [0.717, 1.165) is 23.1 Å². The molecule has 0 N–H and O–H groups in total. The molecule has 1 aliphatic rings. The van der Waals surface area contributed by atoms with Gasteiger partial charge in [-0.3, -0.25) is 0 Å². The number of hydrogen-bond acceptors (Lipinski definition) is 2. The highest BCUT2D eigenvalue weighted by atomic mass is 16.5. The van der Waals surface area contributed by atoms with Gasteiger partial charge in [-0.15, -0.1) is 5.92 Å². The van der Waals surface area contributed by atoms with Gasteiger partial charge in [0.2, 0.25) is 0 Å². The van der Waals surface area contributed by atoms with Crippen LogP contribution in [0.1, 0.15) is 72.3 Å². The van der Waals surface area contributed by atoms with Crippen LogP contribution in [0.5, 0.6) is 0 Å². The molecule has 0 aromatic heterocycles. The van der Waals surface area contributed by atoms with E-state index in [-0.39, 0.29) is 11.4 Å². The van der Waals surface area contributed by atoms with Crippen LogP contribution in [0, 0.1) is 23.7 Å². The second kappa shape index (κ2) is 8.20. The minimum atomic E-state index is -0.311. The minimum absolute atomic E-state index is 0.0676. The largest absolute Gasteiger partial charge is 0.462 e. The van der Waals surface area contributed by atoms with Crippen molar-refractivity contribution in [3.63, 3.8) is 0 Å². The zero-order chi connectivity index (χ0) is 20.1. The maximum Gasteiger partial charge on any atom is 0.338 e. The molecule has 0 radical (unpaired) electrons. The second-order valence-corrected chi connectivity index (χ2v) is 7.40. The Morgan fingerprint density at radius 2 is 1.79 bits per heavy atom. The SMILES string of the molecule is CC#Cc1cc(C#Cc2ccc(C(=O)OCC)cc2)cc2c1C(C)(C)CC=C2. The normalized spacial score (nSPS) is 13.4. The van der Waals surface area contributed by atoms with Crippen LogP contribution in [-0.2, 0) is 10.2 Å². The number of carbonyl (C=O) groups is 1. The number of ether oxygens (including phenoxy) is 1. The van der Waals surface area contributed by atoms with Crippen molar-refractivity contribution in [1.29, 1.82) is 0 Å². The molecule has 0 atom stereocenters. The molecule has 1 aliphatic carbocycles. The lowest BCUT2D eigenvalue weighted by Crippen LogP contribution is -2.21. The molecule has 0 heterocycles. The monoisotopic (exact) mass is 368 g/mol. The molecular formula is C26H24O2. The Hall–Kier alpha value is -3.23. The van der Waals surface area contributed by atoms with E-state index in [9.17, 15) is 4.79 Å². The van der Waals surface area contributed by atoms with Gasteiger partial charge in [0.1, 0.15) is 0 Å². The van der Waals surface area contributed by atoms with Crippen molar-refractivity contribution in [2.45, 2.75) is 39.5 Å². The van der Waals surface area contributed by atoms with Crippen LogP contribution in [0.3, 0.4) is 0 Å². The molecule has 140 valence electrons. The lowest BCUT2D eigenvalue weighted by atomic mass is 9.73. The topological polar surface area (TPSA) is 26.3 Å². The zero-order valence-electron chi connectivity index (χ0n) is 16.8. The van der Waals surface area contributed by atoms with Gasteiger partial charge in [0, 0.05) is 16.7 Å². The Balaban J connectivity index is 1.94. The molecule has 2 heteroatoms. The van der Waals surface area contributed by atoms with Crippen LogP contribution in [-0.4, -0.2) is 12.6 Å². The Labute approximate surface area is 167 Å². The average Bonchev–Trinajstić information content (AvgIpc) is 2.66. The molecule has 0 aliphatic heterocycles. The number of allylic oxidation sites excluding steroid dienone is 1. The Bertz CT molecular complexity index is 1050. The predicted octanol–water partition coefficient (Wildman–Crippen LogP) is 5.33. The van der Waals surface area contributed by atoms with E-state index in [1.54, 1.807) is 19.1 Å². The van der Waals surface area contributed by atoms with Crippen molar-refractivity contribution >= 4 is 12.0 Å². The van der Waals surface area contributed by atoms with Gasteiger partial charge in [-0.05, 0) is 73.2 Å². The molecule has 2 aromatic rings. The van der Waals surface area contributed by atoms with Crippen molar-refractivity contribution in [3.8, 4) is 23.7 Å². The lowest BCUT2D eigenvalue weighted by Gasteiger charge is -2.30. The summed E-state index contributed by atoms with van der Waals surface area (Å²) in [7, 11) is 0. The molecule has 0 amide bonds. The van der Waals surface area contributed by atoms with E-state index in [0.29, 0.717) is 12.2 Å². The first-order chi connectivity index (χ1) is 13.4. The summed E-state index contributed by atoms with van der Waals surface area (Å²) in [6.45, 7) is 8.54. The van der Waals surface area contributed by atoms with Crippen LogP contribution in [0.4, 0.5) is 0 Å². The number of fused-ring (bicyclic) bond motifs is 1. The van der Waals surface area contributed by atoms with Crippen molar-refractivity contribution in [3.05, 3.63) is 75.9 Å². The first-order valence-electron chi connectivity index (χ1n) is 9.51. The number of benzene rings is 2. The summed E-state index contributed by atoms with van der Waals surface area (Å²) in [5.41, 5.74) is 5.94. The maximum absolute atomic E-state index is 11.7. The van der Waals surface area contributed by atoms with E-state index < -0.39 is 0 Å². The van der Waals surface area contributed by atoms with E-state index in [2.05, 4.69) is 61.8 Å². The summed E-state index contributed by atoms with van der Waals surface area (Å²) in [5, 5.41) is 0. The van der Waals surface area contributed by atoms with E-state index in [1.165, 1.54) is 11.1 Å². The Morgan fingerprint density at radius 1 is 1.07 bits per heavy atom. The number of esters is 1. The molecule has 28 heavy (non-hydrogen) atoms. The third kappa shape index (κ3) is 4.19. The first-order valence-corrected chi connectivity index (χ1v) is 9.51. The molecule has 0 bridgehead atoms. The highest BCUT2D eigenvalue weighted by Crippen LogP contribution is 2.37. The van der Waals surface area contributed by atoms with E-state index >= 15 is 0 Å². The van der Waals surface area contributed by atoms with Crippen molar-refractivity contribution in [2.24, 2.45) is 0 Å². The summed E-state index contributed by atoms with van der Waals surface area (Å²) in [6.07, 6.45) is 5.40. The molecule has 0 unspecified atom stereocenters. The summed E-state index contributed by atoms with van der Waals surface area (Å²) < 4.78 is 5.01. The third-order valence-corrected chi connectivity index (χ3v) is 4.78. The number of hydrogen-bond donors (Lipinski definition) is 0. The first kappa shape index (κ1) is 19.5. The van der Waals surface area contributed by atoms with Crippen LogP contribution in [0.2, 0.25) is 0 Å². The van der Waals surface area contributed by atoms with Gasteiger partial charge >= 0.3 is 5.97 Å². The van der Waals surface area contributed by atoms with Gasteiger partial charge in [-0.1, -0.05) is 43.8 Å². The van der Waals surface area contributed by atoms with Gasteiger partial charge < -0.3 is 4.74 Å². The van der Waals surface area contributed by atoms with Gasteiger partial charge in [-0.25, -0.2) is 4.79 Å². The molecule has 0 saturated heterocycles. The van der Waals surface area contributed by atoms with Gasteiger partial charge in [0.15, 0.2) is 0 Å². The summed E-state index contributed by atoms with van der Waals surface area (Å²) in [5.74, 6) is 12.4. The fourth-order valence-electron chi connectivity index (χ4n) is 3.49. The summed E-state index contributed by atoms with van der Waals surface area (Å²) in [6, 6.07) is 11.4. The lowest BCUT2D eigenvalue weighted by molar-refractivity contribution is 0.0526.